The van der Waals surface area contributed by atoms with Gasteiger partial charge in [-0.2, -0.15) is 0 Å². The molecule has 1 nitrogen and oxygen atoms in total. The van der Waals surface area contributed by atoms with Gasteiger partial charge >= 0.3 is 0 Å². The van der Waals surface area contributed by atoms with Crippen molar-refractivity contribution in [1.82, 2.24) is 0 Å². The molecular formula is C18H20O. The topological polar surface area (TPSA) is 20.2 Å². The van der Waals surface area contributed by atoms with Crippen molar-refractivity contribution in [2.24, 2.45) is 0 Å². The van der Waals surface area contributed by atoms with E-state index < -0.39 is 0 Å². The molecule has 3 rings (SSSR count). The van der Waals surface area contributed by atoms with Crippen molar-refractivity contribution in [3.8, 4) is 11.1 Å². The van der Waals surface area contributed by atoms with Crippen molar-refractivity contribution in [1.29, 1.82) is 0 Å². The Balaban J connectivity index is 2.23. The molecule has 0 unspecified atom stereocenters. The molecule has 0 atom stereocenters. The van der Waals surface area contributed by atoms with Crippen LogP contribution in [-0.2, 0) is 5.41 Å². The number of rotatable bonds is 4. The van der Waals surface area contributed by atoms with E-state index in [1.807, 2.05) is 0 Å². The number of fused-ring (bicyclic) bond motifs is 3. The molecule has 0 aliphatic heterocycles. The molecule has 2 aromatic rings. The smallest absolute Gasteiger partial charge is 0.0431 e. The lowest BCUT2D eigenvalue weighted by Crippen LogP contribution is -2.24. The average molecular weight is 252 g/mol. The molecule has 0 aromatic heterocycles. The zero-order valence-corrected chi connectivity index (χ0v) is 11.4. The molecule has 0 amide bonds. The predicted octanol–water partition coefficient (Wildman–Crippen LogP) is 4.14. The van der Waals surface area contributed by atoms with Crippen LogP contribution in [0, 0.1) is 0 Å². The Morgan fingerprint density at radius 1 is 0.895 bits per heavy atom. The van der Waals surface area contributed by atoms with Crippen LogP contribution in [0.15, 0.2) is 48.5 Å². The lowest BCUT2D eigenvalue weighted by Gasteiger charge is -2.30. The fourth-order valence-corrected chi connectivity index (χ4v) is 3.62. The van der Waals surface area contributed by atoms with Gasteiger partial charge in [0.2, 0.25) is 0 Å². The maximum absolute atomic E-state index is 9.23. The number of hydrogen-bond donors (Lipinski definition) is 1. The molecule has 0 saturated carbocycles. The first-order valence-electron chi connectivity index (χ1n) is 7.14. The zero-order valence-electron chi connectivity index (χ0n) is 11.4. The Hall–Kier alpha value is -1.60. The quantitative estimate of drug-likeness (QED) is 0.867. The highest BCUT2D eigenvalue weighted by Crippen LogP contribution is 2.52. The minimum absolute atomic E-state index is 0.0932. The fraction of sp³-hybridized carbons (Fsp3) is 0.333. The van der Waals surface area contributed by atoms with Crippen LogP contribution in [0.25, 0.3) is 11.1 Å². The molecule has 2 aromatic carbocycles. The van der Waals surface area contributed by atoms with Gasteiger partial charge in [0.1, 0.15) is 0 Å². The van der Waals surface area contributed by atoms with Crippen LogP contribution in [0.2, 0.25) is 0 Å². The van der Waals surface area contributed by atoms with E-state index in [-0.39, 0.29) is 12.0 Å². The summed E-state index contributed by atoms with van der Waals surface area (Å²) < 4.78 is 0. The summed E-state index contributed by atoms with van der Waals surface area (Å²) in [6, 6.07) is 17.5. The van der Waals surface area contributed by atoms with Crippen molar-refractivity contribution < 1.29 is 5.11 Å². The van der Waals surface area contributed by atoms with E-state index in [1.165, 1.54) is 22.3 Å². The summed E-state index contributed by atoms with van der Waals surface area (Å²) >= 11 is 0. The standard InChI is InChI=1S/C18H20O/c1-2-18(12-7-13-19)16-10-5-3-8-14(16)15-9-4-6-11-17(15)18/h3-6,8-11,19H,2,7,12-13H2,1H3. The summed E-state index contributed by atoms with van der Waals surface area (Å²) in [5.74, 6) is 0. The Morgan fingerprint density at radius 2 is 1.42 bits per heavy atom. The summed E-state index contributed by atoms with van der Waals surface area (Å²) in [6.07, 6.45) is 2.96. The molecule has 1 heteroatoms. The second kappa shape index (κ2) is 4.82. The van der Waals surface area contributed by atoms with Gasteiger partial charge in [0.25, 0.3) is 0 Å². The summed E-state index contributed by atoms with van der Waals surface area (Å²) in [7, 11) is 0. The lowest BCUT2D eigenvalue weighted by atomic mass is 9.72. The van der Waals surface area contributed by atoms with Crippen LogP contribution < -0.4 is 0 Å². The van der Waals surface area contributed by atoms with Gasteiger partial charge in [0.15, 0.2) is 0 Å². The van der Waals surface area contributed by atoms with E-state index >= 15 is 0 Å². The minimum Gasteiger partial charge on any atom is -0.396 e. The fourth-order valence-electron chi connectivity index (χ4n) is 3.62. The first-order chi connectivity index (χ1) is 9.33. The maximum Gasteiger partial charge on any atom is 0.0431 e. The van der Waals surface area contributed by atoms with Gasteiger partial charge in [0, 0.05) is 12.0 Å². The molecule has 0 saturated heterocycles. The van der Waals surface area contributed by atoms with Crippen molar-refractivity contribution in [2.75, 3.05) is 6.61 Å². The van der Waals surface area contributed by atoms with Gasteiger partial charge in [-0.1, -0.05) is 55.5 Å². The van der Waals surface area contributed by atoms with Crippen LogP contribution in [0.4, 0.5) is 0 Å². The third-order valence-corrected chi connectivity index (χ3v) is 4.54. The lowest BCUT2D eigenvalue weighted by molar-refractivity contribution is 0.268. The third kappa shape index (κ3) is 1.73. The van der Waals surface area contributed by atoms with Crippen LogP contribution in [0.1, 0.15) is 37.3 Å². The highest BCUT2D eigenvalue weighted by Gasteiger charge is 2.40. The summed E-state index contributed by atoms with van der Waals surface area (Å²) in [5, 5.41) is 9.23. The number of aliphatic hydroxyl groups excluding tert-OH is 1. The van der Waals surface area contributed by atoms with Gasteiger partial charge in [-0.05, 0) is 41.5 Å². The molecular weight excluding hydrogens is 232 g/mol. The van der Waals surface area contributed by atoms with E-state index in [0.29, 0.717) is 0 Å². The van der Waals surface area contributed by atoms with Crippen LogP contribution in [-0.4, -0.2) is 11.7 Å². The van der Waals surface area contributed by atoms with E-state index in [4.69, 9.17) is 0 Å². The van der Waals surface area contributed by atoms with Gasteiger partial charge in [-0.3, -0.25) is 0 Å². The van der Waals surface area contributed by atoms with Crippen LogP contribution >= 0.6 is 0 Å². The third-order valence-electron chi connectivity index (χ3n) is 4.54. The Morgan fingerprint density at radius 3 is 1.89 bits per heavy atom. The second-order valence-corrected chi connectivity index (χ2v) is 5.35. The zero-order chi connectivity index (χ0) is 13.3. The SMILES string of the molecule is CCC1(CCCO)c2ccccc2-c2ccccc21. The molecule has 0 heterocycles. The maximum atomic E-state index is 9.23. The van der Waals surface area contributed by atoms with Crippen molar-refractivity contribution in [3.63, 3.8) is 0 Å². The summed E-state index contributed by atoms with van der Waals surface area (Å²) in [5.41, 5.74) is 5.71. The molecule has 98 valence electrons. The molecule has 0 bridgehead atoms. The van der Waals surface area contributed by atoms with E-state index in [0.717, 1.165) is 19.3 Å². The van der Waals surface area contributed by atoms with Gasteiger partial charge in [-0.15, -0.1) is 0 Å². The number of benzene rings is 2. The predicted molar refractivity (Wildman–Crippen MR) is 79.3 cm³/mol. The highest BCUT2D eigenvalue weighted by atomic mass is 16.2. The molecule has 1 aliphatic carbocycles. The summed E-state index contributed by atoms with van der Waals surface area (Å²) in [6.45, 7) is 2.53. The van der Waals surface area contributed by atoms with E-state index in [1.54, 1.807) is 0 Å². The molecule has 1 N–H and O–H groups in total. The van der Waals surface area contributed by atoms with Gasteiger partial charge < -0.3 is 5.11 Å². The number of aliphatic hydroxyl groups is 1. The Bertz CT molecular complexity index is 540. The molecule has 19 heavy (non-hydrogen) atoms. The van der Waals surface area contributed by atoms with Gasteiger partial charge in [-0.25, -0.2) is 0 Å². The van der Waals surface area contributed by atoms with E-state index in [2.05, 4.69) is 55.5 Å². The average Bonchev–Trinajstić information content (AvgIpc) is 2.77. The minimum atomic E-state index is 0.0932. The normalized spacial score (nSPS) is 15.1. The van der Waals surface area contributed by atoms with Crippen molar-refractivity contribution in [2.45, 2.75) is 31.6 Å². The molecule has 0 spiro atoms. The second-order valence-electron chi connectivity index (χ2n) is 5.35. The first-order valence-corrected chi connectivity index (χ1v) is 7.14. The Kier molecular flexibility index (Phi) is 3.16. The van der Waals surface area contributed by atoms with Crippen molar-refractivity contribution >= 4 is 0 Å². The molecule has 1 aliphatic rings. The molecule has 0 fully saturated rings. The highest BCUT2D eigenvalue weighted by molar-refractivity contribution is 5.80. The van der Waals surface area contributed by atoms with Crippen molar-refractivity contribution in [3.05, 3.63) is 59.7 Å². The van der Waals surface area contributed by atoms with Crippen LogP contribution in [0.5, 0.6) is 0 Å². The van der Waals surface area contributed by atoms with Crippen LogP contribution in [0.3, 0.4) is 0 Å². The van der Waals surface area contributed by atoms with Gasteiger partial charge in [0.05, 0.1) is 0 Å². The largest absolute Gasteiger partial charge is 0.396 e. The monoisotopic (exact) mass is 252 g/mol. The first kappa shape index (κ1) is 12.4. The molecule has 0 radical (unpaired) electrons. The summed E-state index contributed by atoms with van der Waals surface area (Å²) in [4.78, 5) is 0. The Labute approximate surface area is 114 Å². The van der Waals surface area contributed by atoms with E-state index in [9.17, 15) is 5.11 Å². The number of hydrogen-bond acceptors (Lipinski definition) is 1.